The number of hydrogen-bond donors (Lipinski definition) is 3. The van der Waals surface area contributed by atoms with Crippen LogP contribution in [-0.2, 0) is 0 Å². The van der Waals surface area contributed by atoms with Gasteiger partial charge in [-0.25, -0.2) is 0 Å². The Bertz CT molecular complexity index is 112. The van der Waals surface area contributed by atoms with Gasteiger partial charge in [-0.15, -0.1) is 0 Å². The molecule has 0 aliphatic carbocycles. The lowest BCUT2D eigenvalue weighted by Gasteiger charge is -2.44. The zero-order chi connectivity index (χ0) is 7.72. The van der Waals surface area contributed by atoms with E-state index in [9.17, 15) is 0 Å². The highest BCUT2D eigenvalue weighted by molar-refractivity contribution is 4.94. The fourth-order valence-electron chi connectivity index (χ4n) is 1.34. The molecule has 4 nitrogen and oxygen atoms in total. The van der Waals surface area contributed by atoms with Crippen molar-refractivity contribution < 1.29 is 15.3 Å². The van der Waals surface area contributed by atoms with E-state index in [4.69, 9.17) is 15.3 Å². The predicted molar refractivity (Wildman–Crippen MR) is 35.5 cm³/mol. The fraction of sp³-hybridized carbons (Fsp3) is 1.00. The number of likely N-dealkylation sites (tertiary alicyclic amines) is 1. The van der Waals surface area contributed by atoms with Gasteiger partial charge in [0, 0.05) is 6.54 Å². The Hall–Kier alpha value is -0.160. The molecule has 0 amide bonds. The normalized spacial score (nSPS) is 37.2. The first kappa shape index (κ1) is 7.94. The van der Waals surface area contributed by atoms with Crippen LogP contribution < -0.4 is 0 Å². The highest BCUT2D eigenvalue weighted by atomic mass is 16.3. The number of likely N-dealkylation sites (N-methyl/N-ethyl adjacent to an activating group) is 1. The summed E-state index contributed by atoms with van der Waals surface area (Å²) in [6.07, 6.45) is -1.29. The van der Waals surface area contributed by atoms with Crippen molar-refractivity contribution in [2.45, 2.75) is 18.2 Å². The van der Waals surface area contributed by atoms with Crippen LogP contribution in [0, 0.1) is 0 Å². The van der Waals surface area contributed by atoms with Gasteiger partial charge in [0.2, 0.25) is 0 Å². The van der Waals surface area contributed by atoms with Gasteiger partial charge in [-0.1, -0.05) is 0 Å². The van der Waals surface area contributed by atoms with Crippen molar-refractivity contribution >= 4 is 0 Å². The Kier molecular flexibility index (Phi) is 2.25. The molecule has 4 heteroatoms. The number of rotatable bonds is 2. The first-order chi connectivity index (χ1) is 4.66. The molecule has 10 heavy (non-hydrogen) atoms. The zero-order valence-corrected chi connectivity index (χ0v) is 5.94. The van der Waals surface area contributed by atoms with Crippen LogP contribution in [0.4, 0.5) is 0 Å². The maximum absolute atomic E-state index is 9.07. The molecular formula is C6H13NO3. The number of aliphatic hydroxyl groups excluding tert-OH is 3. The van der Waals surface area contributed by atoms with Crippen LogP contribution in [0.2, 0.25) is 0 Å². The summed E-state index contributed by atoms with van der Waals surface area (Å²) >= 11 is 0. The molecular weight excluding hydrogens is 134 g/mol. The number of hydrogen-bond acceptors (Lipinski definition) is 4. The lowest BCUT2D eigenvalue weighted by Crippen LogP contribution is -2.63. The number of β-amino-alcohol motifs (C(OH)–C–C–N with tert-alkyl or cyclic N) is 1. The second-order valence-electron chi connectivity index (χ2n) is 2.75. The molecule has 1 aliphatic rings. The molecule has 1 rings (SSSR count). The Labute approximate surface area is 59.7 Å². The van der Waals surface area contributed by atoms with E-state index in [-0.39, 0.29) is 12.6 Å². The van der Waals surface area contributed by atoms with Crippen molar-refractivity contribution in [2.75, 3.05) is 20.2 Å². The fourth-order valence-corrected chi connectivity index (χ4v) is 1.34. The van der Waals surface area contributed by atoms with Gasteiger partial charge in [-0.3, -0.25) is 4.90 Å². The topological polar surface area (TPSA) is 63.9 Å². The van der Waals surface area contributed by atoms with Crippen LogP contribution in [0.15, 0.2) is 0 Å². The predicted octanol–water partition coefficient (Wildman–Crippen LogP) is -1.99. The maximum atomic E-state index is 9.07. The van der Waals surface area contributed by atoms with Crippen LogP contribution in [0.25, 0.3) is 0 Å². The highest BCUT2D eigenvalue weighted by Crippen LogP contribution is 2.18. The minimum absolute atomic E-state index is 0.273. The van der Waals surface area contributed by atoms with Crippen molar-refractivity contribution in [3.63, 3.8) is 0 Å². The third kappa shape index (κ3) is 1.15. The van der Waals surface area contributed by atoms with Gasteiger partial charge in [0.15, 0.2) is 0 Å². The van der Waals surface area contributed by atoms with Gasteiger partial charge in [0.05, 0.1) is 24.9 Å². The van der Waals surface area contributed by atoms with Crippen LogP contribution in [-0.4, -0.2) is 58.7 Å². The molecule has 0 saturated carbocycles. The maximum Gasteiger partial charge on any atom is 0.0951 e. The SMILES string of the molecule is CN1CC(O)C1C(O)CO. The minimum atomic E-state index is -0.811. The molecule has 1 fully saturated rings. The summed E-state index contributed by atoms with van der Waals surface area (Å²) in [5.74, 6) is 0. The molecule has 0 radical (unpaired) electrons. The summed E-state index contributed by atoms with van der Waals surface area (Å²) in [6.45, 7) is 0.299. The van der Waals surface area contributed by atoms with E-state index in [2.05, 4.69) is 0 Å². The van der Waals surface area contributed by atoms with Gasteiger partial charge in [-0.2, -0.15) is 0 Å². The number of nitrogens with zero attached hydrogens (tertiary/aromatic N) is 1. The molecule has 1 heterocycles. The molecule has 0 spiro atoms. The summed E-state index contributed by atoms with van der Waals surface area (Å²) in [5, 5.41) is 26.7. The Balaban J connectivity index is 2.38. The Morgan fingerprint density at radius 2 is 2.30 bits per heavy atom. The van der Waals surface area contributed by atoms with Crippen LogP contribution in [0.5, 0.6) is 0 Å². The van der Waals surface area contributed by atoms with Crippen LogP contribution in [0.3, 0.4) is 0 Å². The molecule has 3 atom stereocenters. The van der Waals surface area contributed by atoms with E-state index in [1.807, 2.05) is 4.90 Å². The van der Waals surface area contributed by atoms with Gasteiger partial charge in [-0.05, 0) is 7.05 Å². The van der Waals surface area contributed by atoms with E-state index in [1.54, 1.807) is 7.05 Å². The largest absolute Gasteiger partial charge is 0.394 e. The Morgan fingerprint density at radius 3 is 2.50 bits per heavy atom. The third-order valence-electron chi connectivity index (χ3n) is 1.96. The molecule has 3 N–H and O–H groups in total. The molecule has 0 aromatic carbocycles. The minimum Gasteiger partial charge on any atom is -0.394 e. The molecule has 1 saturated heterocycles. The molecule has 60 valence electrons. The van der Waals surface area contributed by atoms with Crippen LogP contribution in [0.1, 0.15) is 0 Å². The molecule has 1 aliphatic heterocycles. The lowest BCUT2D eigenvalue weighted by molar-refractivity contribution is -0.112. The van der Waals surface area contributed by atoms with E-state index >= 15 is 0 Å². The summed E-state index contributed by atoms with van der Waals surface area (Å²) in [6, 6.07) is -0.273. The number of aliphatic hydroxyl groups is 3. The van der Waals surface area contributed by atoms with Crippen molar-refractivity contribution in [1.29, 1.82) is 0 Å². The van der Waals surface area contributed by atoms with Gasteiger partial charge >= 0.3 is 0 Å². The first-order valence-corrected chi connectivity index (χ1v) is 3.34. The van der Waals surface area contributed by atoms with E-state index < -0.39 is 12.2 Å². The average molecular weight is 147 g/mol. The Morgan fingerprint density at radius 1 is 1.70 bits per heavy atom. The molecule has 3 unspecified atom stereocenters. The van der Waals surface area contributed by atoms with Crippen LogP contribution >= 0.6 is 0 Å². The molecule has 0 aromatic rings. The molecule has 0 aromatic heterocycles. The van der Waals surface area contributed by atoms with Gasteiger partial charge in [0.25, 0.3) is 0 Å². The third-order valence-corrected chi connectivity index (χ3v) is 1.96. The smallest absolute Gasteiger partial charge is 0.0951 e. The van der Waals surface area contributed by atoms with Gasteiger partial charge < -0.3 is 15.3 Å². The molecule has 0 bridgehead atoms. The summed E-state index contributed by atoms with van der Waals surface area (Å²) in [5.41, 5.74) is 0. The standard InChI is InChI=1S/C6H13NO3/c1-7-2-4(9)6(7)5(10)3-8/h4-6,8-10H,2-3H2,1H3. The average Bonchev–Trinajstić information content (AvgIpc) is 1.87. The monoisotopic (exact) mass is 147 g/mol. The van der Waals surface area contributed by atoms with Crippen molar-refractivity contribution in [3.8, 4) is 0 Å². The van der Waals surface area contributed by atoms with Crippen molar-refractivity contribution in [1.82, 2.24) is 4.90 Å². The van der Waals surface area contributed by atoms with Crippen molar-refractivity contribution in [2.24, 2.45) is 0 Å². The summed E-state index contributed by atoms with van der Waals surface area (Å²) in [4.78, 5) is 1.81. The second-order valence-corrected chi connectivity index (χ2v) is 2.75. The quantitative estimate of drug-likeness (QED) is 0.423. The first-order valence-electron chi connectivity index (χ1n) is 3.34. The van der Waals surface area contributed by atoms with Gasteiger partial charge in [0.1, 0.15) is 0 Å². The second kappa shape index (κ2) is 2.84. The van der Waals surface area contributed by atoms with E-state index in [0.29, 0.717) is 6.54 Å². The highest BCUT2D eigenvalue weighted by Gasteiger charge is 2.39. The zero-order valence-electron chi connectivity index (χ0n) is 5.94. The summed E-state index contributed by atoms with van der Waals surface area (Å²) < 4.78 is 0. The van der Waals surface area contributed by atoms with Crippen molar-refractivity contribution in [3.05, 3.63) is 0 Å². The van der Waals surface area contributed by atoms with E-state index in [1.165, 1.54) is 0 Å². The lowest BCUT2D eigenvalue weighted by atomic mass is 9.95. The van der Waals surface area contributed by atoms with E-state index in [0.717, 1.165) is 0 Å². The summed E-state index contributed by atoms with van der Waals surface area (Å²) in [7, 11) is 1.80.